The number of nitrogens with zero attached hydrogens (tertiary/aromatic N) is 4. The normalized spacial score (nSPS) is 15.5. The van der Waals surface area contributed by atoms with E-state index in [4.69, 9.17) is 4.74 Å². The Morgan fingerprint density at radius 1 is 1.02 bits per heavy atom. The Balaban J connectivity index is 1.35. The topological polar surface area (TPSA) is 131 Å². The number of piperidine rings is 1. The third-order valence-electron chi connectivity index (χ3n) is 6.39. The molecule has 3 N–H and O–H groups in total. The Bertz CT molecular complexity index is 1750. The average molecular weight is 640 g/mol. The molecule has 1 fully saturated rings. The van der Waals surface area contributed by atoms with E-state index < -0.39 is 56.5 Å². The van der Waals surface area contributed by atoms with Crippen LogP contribution >= 0.6 is 0 Å². The lowest BCUT2D eigenvalue weighted by Crippen LogP contribution is -2.38. The molecule has 4 heterocycles. The van der Waals surface area contributed by atoms with Crippen molar-refractivity contribution < 1.29 is 39.5 Å². The van der Waals surface area contributed by atoms with Crippen LogP contribution < -0.4 is 20.1 Å². The van der Waals surface area contributed by atoms with Gasteiger partial charge >= 0.3 is 6.18 Å². The maximum Gasteiger partial charge on any atom is 0.433 e. The quantitative estimate of drug-likeness (QED) is 0.166. The molecule has 0 radical (unpaired) electrons. The molecular weight excluding hydrogens is 616 g/mol. The van der Waals surface area contributed by atoms with Crippen LogP contribution in [-0.2, 0) is 22.0 Å². The van der Waals surface area contributed by atoms with Crippen molar-refractivity contribution in [2.45, 2.75) is 30.8 Å². The van der Waals surface area contributed by atoms with Crippen LogP contribution in [0.2, 0.25) is 0 Å². The van der Waals surface area contributed by atoms with Gasteiger partial charge < -0.3 is 15.4 Å². The van der Waals surface area contributed by atoms with Gasteiger partial charge in [0.1, 0.15) is 11.4 Å². The molecule has 1 aliphatic heterocycles. The molecule has 1 saturated heterocycles. The summed E-state index contributed by atoms with van der Waals surface area (Å²) < 4.78 is 115. The Morgan fingerprint density at radius 3 is 2.55 bits per heavy atom. The number of sulfonamides is 1. The van der Waals surface area contributed by atoms with Gasteiger partial charge in [-0.25, -0.2) is 32.2 Å². The van der Waals surface area contributed by atoms with Crippen molar-refractivity contribution >= 4 is 21.7 Å². The minimum Gasteiger partial charge on any atom is -0.435 e. The van der Waals surface area contributed by atoms with Crippen molar-refractivity contribution in [2.75, 3.05) is 23.1 Å². The van der Waals surface area contributed by atoms with E-state index in [1.54, 1.807) is 16.9 Å². The number of pyridine rings is 2. The fourth-order valence-corrected chi connectivity index (χ4v) is 5.52. The minimum atomic E-state index is -4.75. The molecule has 5 rings (SSSR count). The number of halogens is 6. The molecule has 232 valence electrons. The number of hydrogen-bond acceptors (Lipinski definition) is 9. The smallest absolute Gasteiger partial charge is 0.433 e. The molecule has 1 aliphatic rings. The van der Waals surface area contributed by atoms with Crippen molar-refractivity contribution in [1.82, 2.24) is 25.3 Å². The van der Waals surface area contributed by atoms with Gasteiger partial charge in [-0.15, -0.1) is 0 Å². The van der Waals surface area contributed by atoms with Crippen LogP contribution in [0.3, 0.4) is 0 Å². The highest BCUT2D eigenvalue weighted by Crippen LogP contribution is 2.36. The van der Waals surface area contributed by atoms with Gasteiger partial charge in [0, 0.05) is 37.2 Å². The number of nitrogens with one attached hydrogen (secondary N) is 3. The van der Waals surface area contributed by atoms with Crippen LogP contribution in [0.5, 0.6) is 11.6 Å². The molecule has 4 aromatic rings. The molecule has 0 bridgehead atoms. The fourth-order valence-electron chi connectivity index (χ4n) is 4.34. The number of ether oxygens (including phenoxy) is 1. The van der Waals surface area contributed by atoms with Crippen LogP contribution in [0, 0.1) is 17.5 Å². The van der Waals surface area contributed by atoms with E-state index in [0.29, 0.717) is 30.0 Å². The summed E-state index contributed by atoms with van der Waals surface area (Å²) in [6.07, 6.45) is 0.584. The van der Waals surface area contributed by atoms with Gasteiger partial charge in [-0.05, 0) is 49.2 Å². The molecule has 0 amide bonds. The van der Waals surface area contributed by atoms with E-state index in [9.17, 15) is 30.4 Å². The Hall–Kier alpha value is -4.51. The zero-order valence-electron chi connectivity index (χ0n) is 22.5. The second-order valence-corrected chi connectivity index (χ2v) is 11.4. The first kappa shape index (κ1) is 30.9. The predicted octanol–water partition coefficient (Wildman–Crippen LogP) is 5.27. The first-order valence-electron chi connectivity index (χ1n) is 13.0. The van der Waals surface area contributed by atoms with Crippen molar-refractivity contribution in [1.29, 1.82) is 0 Å². The lowest BCUT2D eigenvalue weighted by atomic mass is 10.1. The van der Waals surface area contributed by atoms with Gasteiger partial charge in [0.2, 0.25) is 27.7 Å². The van der Waals surface area contributed by atoms with Gasteiger partial charge in [0.25, 0.3) is 0 Å². The minimum absolute atomic E-state index is 0.103. The van der Waals surface area contributed by atoms with Crippen molar-refractivity contribution in [3.8, 4) is 22.9 Å². The number of aromatic nitrogens is 4. The number of rotatable bonds is 9. The monoisotopic (exact) mass is 639 g/mol. The standard InChI is InChI=1S/C27H23F6N7O3S/c28-18-11-20(22(29)23(30)24(18)40-44(41,42)14-15-5-6-21(37-12-15)27(31,32)33)43-25-17(4-2-9-35-25)19-7-10-36-26(39-19)38-16-3-1-8-34-13-16/h2,4-7,9-12,16,34,40H,1,3,8,13-14H2,(H,36,38,39)/t16-/m0/s1. The average Bonchev–Trinajstić information content (AvgIpc) is 2.98. The second-order valence-electron chi connectivity index (χ2n) is 9.68. The van der Waals surface area contributed by atoms with Crippen molar-refractivity contribution in [3.63, 3.8) is 0 Å². The molecule has 3 aromatic heterocycles. The third-order valence-corrected chi connectivity index (χ3v) is 7.62. The van der Waals surface area contributed by atoms with E-state index in [0.717, 1.165) is 32.0 Å². The summed E-state index contributed by atoms with van der Waals surface area (Å²) in [6, 6.07) is 6.55. The largest absolute Gasteiger partial charge is 0.435 e. The molecule has 0 spiro atoms. The van der Waals surface area contributed by atoms with Crippen molar-refractivity contribution in [3.05, 3.63) is 83.7 Å². The zero-order valence-corrected chi connectivity index (χ0v) is 23.3. The molecule has 10 nitrogen and oxygen atoms in total. The molecule has 0 aliphatic carbocycles. The molecule has 44 heavy (non-hydrogen) atoms. The van der Waals surface area contributed by atoms with E-state index in [1.807, 2.05) is 0 Å². The van der Waals surface area contributed by atoms with Crippen LogP contribution in [-0.4, -0.2) is 47.5 Å². The molecule has 0 saturated carbocycles. The predicted molar refractivity (Wildman–Crippen MR) is 147 cm³/mol. The van der Waals surface area contributed by atoms with Crippen molar-refractivity contribution in [2.24, 2.45) is 0 Å². The van der Waals surface area contributed by atoms with E-state index >= 15 is 4.39 Å². The molecule has 0 unspecified atom stereocenters. The lowest BCUT2D eigenvalue weighted by molar-refractivity contribution is -0.141. The fraction of sp³-hybridized carbons (Fsp3) is 0.259. The van der Waals surface area contributed by atoms with Crippen LogP contribution in [0.15, 0.2) is 55.0 Å². The van der Waals surface area contributed by atoms with Gasteiger partial charge in [-0.1, -0.05) is 6.07 Å². The van der Waals surface area contributed by atoms with Crippen LogP contribution in [0.25, 0.3) is 11.3 Å². The second kappa shape index (κ2) is 12.6. The van der Waals surface area contributed by atoms with E-state index in [-0.39, 0.29) is 23.0 Å². The first-order chi connectivity index (χ1) is 20.9. The Kier molecular flexibility index (Phi) is 8.87. The van der Waals surface area contributed by atoms with E-state index in [1.165, 1.54) is 18.5 Å². The molecule has 17 heteroatoms. The summed E-state index contributed by atoms with van der Waals surface area (Å²) >= 11 is 0. The molecular formula is C27H23F6N7O3S. The summed E-state index contributed by atoms with van der Waals surface area (Å²) in [4.78, 5) is 15.8. The highest BCUT2D eigenvalue weighted by molar-refractivity contribution is 7.91. The zero-order chi connectivity index (χ0) is 31.5. The van der Waals surface area contributed by atoms with Gasteiger partial charge in [-0.3, -0.25) is 9.71 Å². The summed E-state index contributed by atoms with van der Waals surface area (Å²) in [7, 11) is -4.62. The number of anilines is 2. The van der Waals surface area contributed by atoms with Gasteiger partial charge in [-0.2, -0.15) is 17.6 Å². The molecule has 1 atom stereocenters. The number of benzene rings is 1. The highest BCUT2D eigenvalue weighted by Gasteiger charge is 2.32. The summed E-state index contributed by atoms with van der Waals surface area (Å²) in [6.45, 7) is 1.64. The first-order valence-corrected chi connectivity index (χ1v) is 14.7. The molecule has 1 aromatic carbocycles. The summed E-state index contributed by atoms with van der Waals surface area (Å²) in [5.41, 5.74) is -2.26. The maximum absolute atomic E-state index is 15.1. The Labute approximate surface area is 247 Å². The lowest BCUT2D eigenvalue weighted by Gasteiger charge is -2.23. The van der Waals surface area contributed by atoms with Crippen LogP contribution in [0.1, 0.15) is 24.1 Å². The van der Waals surface area contributed by atoms with E-state index in [2.05, 4.69) is 30.6 Å². The van der Waals surface area contributed by atoms with Gasteiger partial charge in [0.15, 0.2) is 17.4 Å². The third kappa shape index (κ3) is 7.34. The van der Waals surface area contributed by atoms with Crippen LogP contribution in [0.4, 0.5) is 38.0 Å². The number of alkyl halides is 3. The van der Waals surface area contributed by atoms with Gasteiger partial charge in [0.05, 0.1) is 17.0 Å². The Morgan fingerprint density at radius 2 is 1.84 bits per heavy atom. The number of hydrogen-bond donors (Lipinski definition) is 3. The SMILES string of the molecule is O=S(=O)(Cc1ccc(C(F)(F)F)nc1)Nc1c(F)cc(Oc2ncccc2-c2ccnc(N[C@H]3CCCNC3)n2)c(F)c1F. The highest BCUT2D eigenvalue weighted by atomic mass is 32.2. The summed E-state index contributed by atoms with van der Waals surface area (Å²) in [5.74, 6) is -7.04. The summed E-state index contributed by atoms with van der Waals surface area (Å²) in [5, 5.41) is 6.49. The maximum atomic E-state index is 15.1.